The highest BCUT2D eigenvalue weighted by molar-refractivity contribution is 4.99. The van der Waals surface area contributed by atoms with Gasteiger partial charge in [0.25, 0.3) is 0 Å². The molecule has 1 unspecified atom stereocenters. The van der Waals surface area contributed by atoms with E-state index in [1.54, 1.807) is 0 Å². The Labute approximate surface area is 62.4 Å². The van der Waals surface area contributed by atoms with Gasteiger partial charge in [0.15, 0.2) is 0 Å². The Bertz CT molecular complexity index is 167. The van der Waals surface area contributed by atoms with Crippen molar-refractivity contribution in [3.63, 3.8) is 0 Å². The van der Waals surface area contributed by atoms with E-state index in [4.69, 9.17) is 5.26 Å². The molecule has 0 N–H and O–H groups in total. The van der Waals surface area contributed by atoms with Crippen molar-refractivity contribution >= 4 is 0 Å². The van der Waals surface area contributed by atoms with E-state index in [2.05, 4.69) is 31.9 Å². The van der Waals surface area contributed by atoms with Gasteiger partial charge < -0.3 is 0 Å². The fourth-order valence-corrected chi connectivity index (χ4v) is 1.49. The summed E-state index contributed by atoms with van der Waals surface area (Å²) in [6.45, 7) is 5.30. The van der Waals surface area contributed by atoms with Crippen LogP contribution in [0.2, 0.25) is 0 Å². The molecule has 0 aromatic heterocycles. The molecule has 0 amide bonds. The summed E-state index contributed by atoms with van der Waals surface area (Å²) in [5.74, 6) is 0.250. The van der Waals surface area contributed by atoms with E-state index >= 15 is 0 Å². The smallest absolute Gasteiger partial charge is 0.0670 e. The highest BCUT2D eigenvalue weighted by Crippen LogP contribution is 2.30. The Hall–Kier alpha value is -0.550. The van der Waals surface area contributed by atoms with Gasteiger partial charge in [0.1, 0.15) is 0 Å². The molecule has 1 heterocycles. The lowest BCUT2D eigenvalue weighted by Crippen LogP contribution is -2.34. The van der Waals surface area contributed by atoms with Crippen LogP contribution in [-0.2, 0) is 0 Å². The molecule has 0 aromatic rings. The van der Waals surface area contributed by atoms with E-state index in [1.807, 2.05) is 0 Å². The van der Waals surface area contributed by atoms with Crippen LogP contribution in [0.25, 0.3) is 0 Å². The average Bonchev–Trinajstić information content (AvgIpc) is 2.08. The van der Waals surface area contributed by atoms with E-state index in [9.17, 15) is 0 Å². The van der Waals surface area contributed by atoms with Gasteiger partial charge in [-0.1, -0.05) is 0 Å². The molecule has 1 saturated heterocycles. The topological polar surface area (TPSA) is 27.0 Å². The summed E-state index contributed by atoms with van der Waals surface area (Å²) in [5.41, 5.74) is 0.237. The molecule has 0 spiro atoms. The second-order valence-corrected chi connectivity index (χ2v) is 3.72. The average molecular weight is 138 g/mol. The van der Waals surface area contributed by atoms with Crippen molar-refractivity contribution in [1.29, 1.82) is 5.26 Å². The lowest BCUT2D eigenvalue weighted by Gasteiger charge is -2.26. The minimum atomic E-state index is 0.237. The molecule has 1 aliphatic rings. The monoisotopic (exact) mass is 138 g/mol. The minimum absolute atomic E-state index is 0.237. The first-order valence-corrected chi connectivity index (χ1v) is 3.67. The van der Waals surface area contributed by atoms with Gasteiger partial charge in [-0.25, -0.2) is 0 Å². The molecule has 0 radical (unpaired) electrons. The van der Waals surface area contributed by atoms with Crippen LogP contribution in [0.4, 0.5) is 0 Å². The summed E-state index contributed by atoms with van der Waals surface area (Å²) in [6, 6.07) is 2.31. The van der Waals surface area contributed by atoms with Gasteiger partial charge in [-0.3, -0.25) is 4.90 Å². The maximum Gasteiger partial charge on any atom is 0.0670 e. The Balaban J connectivity index is 2.64. The number of nitrogens with zero attached hydrogens (tertiary/aromatic N) is 2. The van der Waals surface area contributed by atoms with Crippen molar-refractivity contribution in [3.8, 4) is 6.07 Å². The van der Waals surface area contributed by atoms with Gasteiger partial charge in [-0.15, -0.1) is 0 Å². The summed E-state index contributed by atoms with van der Waals surface area (Å²) in [4.78, 5) is 2.25. The van der Waals surface area contributed by atoms with Crippen molar-refractivity contribution in [2.75, 3.05) is 13.6 Å². The van der Waals surface area contributed by atoms with Gasteiger partial charge in [0, 0.05) is 12.1 Å². The molecule has 0 aromatic carbocycles. The summed E-state index contributed by atoms with van der Waals surface area (Å²) < 4.78 is 0. The number of rotatable bonds is 0. The van der Waals surface area contributed by atoms with Crippen LogP contribution in [-0.4, -0.2) is 24.0 Å². The number of hydrogen-bond donors (Lipinski definition) is 0. The molecule has 2 heteroatoms. The molecule has 0 saturated carbocycles. The second-order valence-electron chi connectivity index (χ2n) is 3.72. The molecular formula is C8H14N2. The Kier molecular flexibility index (Phi) is 1.70. The summed E-state index contributed by atoms with van der Waals surface area (Å²) in [6.07, 6.45) is 1.01. The van der Waals surface area contributed by atoms with Gasteiger partial charge in [0.05, 0.1) is 12.0 Å². The summed E-state index contributed by atoms with van der Waals surface area (Å²) >= 11 is 0. The maximum atomic E-state index is 8.64. The molecule has 1 rings (SSSR count). The maximum absolute atomic E-state index is 8.64. The van der Waals surface area contributed by atoms with E-state index in [-0.39, 0.29) is 11.5 Å². The highest BCUT2D eigenvalue weighted by Gasteiger charge is 2.35. The van der Waals surface area contributed by atoms with Gasteiger partial charge in [-0.2, -0.15) is 5.26 Å². The van der Waals surface area contributed by atoms with E-state index in [0.29, 0.717) is 0 Å². The third kappa shape index (κ3) is 1.15. The van der Waals surface area contributed by atoms with Gasteiger partial charge >= 0.3 is 0 Å². The van der Waals surface area contributed by atoms with Gasteiger partial charge in [0.2, 0.25) is 0 Å². The highest BCUT2D eigenvalue weighted by atomic mass is 15.2. The standard InChI is InChI=1S/C8H14N2/c1-8(2)4-7(5-9)6-10(8)3/h7H,4,6H2,1-3H3. The van der Waals surface area contributed by atoms with Crippen LogP contribution in [0.3, 0.4) is 0 Å². The molecule has 56 valence electrons. The van der Waals surface area contributed by atoms with Crippen LogP contribution in [0.15, 0.2) is 0 Å². The van der Waals surface area contributed by atoms with E-state index in [1.165, 1.54) is 0 Å². The zero-order chi connectivity index (χ0) is 7.78. The van der Waals surface area contributed by atoms with Gasteiger partial charge in [-0.05, 0) is 27.3 Å². The van der Waals surface area contributed by atoms with Crippen molar-refractivity contribution in [1.82, 2.24) is 4.90 Å². The normalized spacial score (nSPS) is 32.0. The van der Waals surface area contributed by atoms with Crippen molar-refractivity contribution in [3.05, 3.63) is 0 Å². The Morgan fingerprint density at radius 1 is 1.60 bits per heavy atom. The number of likely N-dealkylation sites (tertiary alicyclic amines) is 1. The number of nitriles is 1. The van der Waals surface area contributed by atoms with E-state index in [0.717, 1.165) is 13.0 Å². The molecule has 0 aliphatic carbocycles. The first kappa shape index (κ1) is 7.56. The quantitative estimate of drug-likeness (QED) is 0.503. The van der Waals surface area contributed by atoms with Crippen molar-refractivity contribution in [2.45, 2.75) is 25.8 Å². The molecule has 1 aliphatic heterocycles. The molecule has 2 nitrogen and oxygen atoms in total. The fraction of sp³-hybridized carbons (Fsp3) is 0.875. The SMILES string of the molecule is CN1CC(C#N)CC1(C)C. The first-order chi connectivity index (χ1) is 4.56. The first-order valence-electron chi connectivity index (χ1n) is 3.67. The summed E-state index contributed by atoms with van der Waals surface area (Å²) in [7, 11) is 2.08. The van der Waals surface area contributed by atoms with E-state index < -0.39 is 0 Å². The summed E-state index contributed by atoms with van der Waals surface area (Å²) in [5, 5.41) is 8.64. The zero-order valence-corrected chi connectivity index (χ0v) is 6.89. The van der Waals surface area contributed by atoms with Crippen LogP contribution in [0.5, 0.6) is 0 Å². The minimum Gasteiger partial charge on any atom is -0.300 e. The lowest BCUT2D eigenvalue weighted by molar-refractivity contribution is 0.218. The predicted molar refractivity (Wildman–Crippen MR) is 40.4 cm³/mol. The third-order valence-electron chi connectivity index (χ3n) is 2.46. The second kappa shape index (κ2) is 2.25. The van der Waals surface area contributed by atoms with Crippen LogP contribution < -0.4 is 0 Å². The Morgan fingerprint density at radius 2 is 2.20 bits per heavy atom. The van der Waals surface area contributed by atoms with Crippen molar-refractivity contribution in [2.24, 2.45) is 5.92 Å². The predicted octanol–water partition coefficient (Wildman–Crippen LogP) is 1.24. The van der Waals surface area contributed by atoms with Crippen molar-refractivity contribution < 1.29 is 0 Å². The molecule has 1 fully saturated rings. The molecule has 0 bridgehead atoms. The Morgan fingerprint density at radius 3 is 2.40 bits per heavy atom. The number of hydrogen-bond acceptors (Lipinski definition) is 2. The molecular weight excluding hydrogens is 124 g/mol. The third-order valence-corrected chi connectivity index (χ3v) is 2.46. The van der Waals surface area contributed by atoms with Crippen LogP contribution >= 0.6 is 0 Å². The molecule has 10 heavy (non-hydrogen) atoms. The largest absolute Gasteiger partial charge is 0.300 e. The lowest BCUT2D eigenvalue weighted by atomic mass is 9.98. The fourth-order valence-electron chi connectivity index (χ4n) is 1.49. The van der Waals surface area contributed by atoms with Crippen LogP contribution in [0, 0.1) is 17.2 Å². The van der Waals surface area contributed by atoms with Crippen LogP contribution in [0.1, 0.15) is 20.3 Å². The zero-order valence-electron chi connectivity index (χ0n) is 6.89. The molecule has 1 atom stereocenters.